The second-order valence-electron chi connectivity index (χ2n) is 5.82. The predicted octanol–water partition coefficient (Wildman–Crippen LogP) is 4.50. The normalized spacial score (nSPS) is 10.5. The molecule has 1 N–H and O–H groups in total. The minimum Gasteiger partial charge on any atom is -0.485 e. The smallest absolute Gasteiger partial charge is 0.166 e. The summed E-state index contributed by atoms with van der Waals surface area (Å²) in [5, 5.41) is 0. The molecule has 3 rings (SSSR count). The van der Waals surface area contributed by atoms with Gasteiger partial charge in [0.05, 0.1) is 7.11 Å². The average molecular weight is 349 g/mol. The first-order valence-corrected chi connectivity index (χ1v) is 8.58. The van der Waals surface area contributed by atoms with Crippen molar-refractivity contribution < 1.29 is 14.3 Å². The molecular weight excluding hydrogens is 326 g/mol. The Bertz CT molecular complexity index is 791. The second-order valence-corrected chi connectivity index (χ2v) is 5.82. The van der Waals surface area contributed by atoms with Crippen molar-refractivity contribution in [1.82, 2.24) is 5.48 Å². The molecule has 0 spiro atoms. The number of rotatable bonds is 9. The fraction of sp³-hybridized carbons (Fsp3) is 0.182. The number of hydrogen-bond donors (Lipinski definition) is 1. The number of ether oxygens (including phenoxy) is 2. The van der Waals surface area contributed by atoms with Crippen LogP contribution in [0.25, 0.3) is 0 Å². The fourth-order valence-electron chi connectivity index (χ4n) is 2.59. The van der Waals surface area contributed by atoms with Crippen LogP contribution in [0, 0.1) is 0 Å². The van der Waals surface area contributed by atoms with Crippen LogP contribution in [0.4, 0.5) is 0 Å². The zero-order valence-corrected chi connectivity index (χ0v) is 14.9. The molecule has 0 amide bonds. The van der Waals surface area contributed by atoms with Gasteiger partial charge in [-0.2, -0.15) is 5.48 Å². The largest absolute Gasteiger partial charge is 0.485 e. The lowest BCUT2D eigenvalue weighted by Gasteiger charge is -2.17. The van der Waals surface area contributed by atoms with E-state index in [1.54, 1.807) is 7.11 Å². The molecule has 0 saturated carbocycles. The maximum atomic E-state index is 6.12. The van der Waals surface area contributed by atoms with Crippen LogP contribution in [0.5, 0.6) is 11.5 Å². The second kappa shape index (κ2) is 9.61. The molecule has 0 bridgehead atoms. The summed E-state index contributed by atoms with van der Waals surface area (Å²) in [5.41, 5.74) is 6.07. The molecule has 0 aliphatic rings. The van der Waals surface area contributed by atoms with Crippen molar-refractivity contribution in [1.29, 1.82) is 0 Å². The first-order chi connectivity index (χ1) is 12.9. The van der Waals surface area contributed by atoms with Crippen molar-refractivity contribution in [3.8, 4) is 11.5 Å². The van der Waals surface area contributed by atoms with E-state index in [1.807, 2.05) is 78.9 Å². The Kier molecular flexibility index (Phi) is 6.65. The minimum absolute atomic E-state index is 0.479. The number of hydroxylamine groups is 1. The lowest BCUT2D eigenvalue weighted by Crippen LogP contribution is -2.12. The van der Waals surface area contributed by atoms with Crippen molar-refractivity contribution in [2.45, 2.75) is 19.8 Å². The Hall–Kier alpha value is -2.82. The summed E-state index contributed by atoms with van der Waals surface area (Å²) in [6, 6.07) is 26.1. The topological polar surface area (TPSA) is 39.7 Å². The van der Waals surface area contributed by atoms with Crippen LogP contribution in [-0.2, 0) is 24.6 Å². The number of benzene rings is 3. The molecule has 3 aromatic rings. The van der Waals surface area contributed by atoms with E-state index in [4.69, 9.17) is 14.3 Å². The lowest BCUT2D eigenvalue weighted by molar-refractivity contribution is 0.0857. The van der Waals surface area contributed by atoms with Gasteiger partial charge in [0.25, 0.3) is 0 Å². The van der Waals surface area contributed by atoms with E-state index < -0.39 is 0 Å². The Morgan fingerprint density at radius 1 is 0.692 bits per heavy atom. The molecular formula is C22H23NO3. The van der Waals surface area contributed by atoms with Gasteiger partial charge in [-0.3, -0.25) is 0 Å². The molecule has 0 heterocycles. The monoisotopic (exact) mass is 349 g/mol. The van der Waals surface area contributed by atoms with Crippen molar-refractivity contribution in [3.63, 3.8) is 0 Å². The molecule has 0 saturated heterocycles. The highest BCUT2D eigenvalue weighted by Gasteiger charge is 2.12. The average Bonchev–Trinajstić information content (AvgIpc) is 2.71. The Morgan fingerprint density at radius 2 is 1.31 bits per heavy atom. The van der Waals surface area contributed by atoms with Crippen molar-refractivity contribution in [2.75, 3.05) is 7.11 Å². The summed E-state index contributed by atoms with van der Waals surface area (Å²) >= 11 is 0. The van der Waals surface area contributed by atoms with Crippen LogP contribution in [-0.4, -0.2) is 7.11 Å². The predicted molar refractivity (Wildman–Crippen MR) is 102 cm³/mol. The maximum absolute atomic E-state index is 6.12. The zero-order chi connectivity index (χ0) is 18.0. The first kappa shape index (κ1) is 18.0. The third kappa shape index (κ3) is 5.09. The molecule has 0 fully saturated rings. The van der Waals surface area contributed by atoms with Gasteiger partial charge in [0.1, 0.15) is 13.2 Å². The molecule has 0 aliphatic carbocycles. The molecule has 3 aromatic carbocycles. The van der Waals surface area contributed by atoms with Gasteiger partial charge in [0, 0.05) is 12.1 Å². The van der Waals surface area contributed by atoms with E-state index >= 15 is 0 Å². The fourth-order valence-corrected chi connectivity index (χ4v) is 2.59. The highest BCUT2D eigenvalue weighted by molar-refractivity contribution is 5.47. The Balaban J connectivity index is 1.77. The van der Waals surface area contributed by atoms with Crippen LogP contribution in [0.1, 0.15) is 16.7 Å². The third-order valence-corrected chi connectivity index (χ3v) is 3.93. The SMILES string of the molecule is CONCc1cccc(OCc2ccccc2)c1OCc1ccccc1. The maximum Gasteiger partial charge on any atom is 0.166 e. The highest BCUT2D eigenvalue weighted by atomic mass is 16.6. The van der Waals surface area contributed by atoms with E-state index in [-0.39, 0.29) is 0 Å². The van der Waals surface area contributed by atoms with Gasteiger partial charge in [-0.15, -0.1) is 0 Å². The molecule has 0 atom stereocenters. The number of para-hydroxylation sites is 1. The molecule has 26 heavy (non-hydrogen) atoms. The molecule has 4 heteroatoms. The van der Waals surface area contributed by atoms with Crippen molar-refractivity contribution in [2.24, 2.45) is 0 Å². The summed E-state index contributed by atoms with van der Waals surface area (Å²) in [4.78, 5) is 4.99. The standard InChI is InChI=1S/C22H23NO3/c1-24-23-15-20-13-8-14-21(25-16-18-9-4-2-5-10-18)22(20)26-17-19-11-6-3-7-12-19/h2-14,23H,15-17H2,1H3. The van der Waals surface area contributed by atoms with E-state index in [9.17, 15) is 0 Å². The highest BCUT2D eigenvalue weighted by Crippen LogP contribution is 2.32. The van der Waals surface area contributed by atoms with Gasteiger partial charge in [-0.05, 0) is 17.2 Å². The molecule has 0 aromatic heterocycles. The summed E-state index contributed by atoms with van der Waals surface area (Å²) in [6.07, 6.45) is 0. The molecule has 0 unspecified atom stereocenters. The number of nitrogens with one attached hydrogen (secondary N) is 1. The summed E-state index contributed by atoms with van der Waals surface area (Å²) in [5.74, 6) is 1.46. The van der Waals surface area contributed by atoms with E-state index in [1.165, 1.54) is 0 Å². The lowest BCUT2D eigenvalue weighted by atomic mass is 10.1. The van der Waals surface area contributed by atoms with E-state index in [0.717, 1.165) is 28.2 Å². The van der Waals surface area contributed by atoms with Crippen LogP contribution < -0.4 is 15.0 Å². The van der Waals surface area contributed by atoms with E-state index in [0.29, 0.717) is 19.8 Å². The molecule has 0 aliphatic heterocycles. The van der Waals surface area contributed by atoms with Gasteiger partial charge in [-0.25, -0.2) is 0 Å². The molecule has 134 valence electrons. The molecule has 0 radical (unpaired) electrons. The van der Waals surface area contributed by atoms with Gasteiger partial charge < -0.3 is 14.3 Å². The van der Waals surface area contributed by atoms with Crippen LogP contribution in [0.2, 0.25) is 0 Å². The van der Waals surface area contributed by atoms with Crippen LogP contribution >= 0.6 is 0 Å². The van der Waals surface area contributed by atoms with Crippen LogP contribution in [0.3, 0.4) is 0 Å². The van der Waals surface area contributed by atoms with Gasteiger partial charge in [0.15, 0.2) is 11.5 Å². The van der Waals surface area contributed by atoms with Gasteiger partial charge in [-0.1, -0.05) is 72.8 Å². The van der Waals surface area contributed by atoms with Crippen molar-refractivity contribution in [3.05, 3.63) is 95.6 Å². The summed E-state index contributed by atoms with van der Waals surface area (Å²) in [6.45, 7) is 1.50. The van der Waals surface area contributed by atoms with Crippen LogP contribution in [0.15, 0.2) is 78.9 Å². The summed E-state index contributed by atoms with van der Waals surface area (Å²) < 4.78 is 12.2. The van der Waals surface area contributed by atoms with E-state index in [2.05, 4.69) is 5.48 Å². The number of hydrogen-bond acceptors (Lipinski definition) is 4. The molecule has 4 nitrogen and oxygen atoms in total. The third-order valence-electron chi connectivity index (χ3n) is 3.93. The van der Waals surface area contributed by atoms with Crippen molar-refractivity contribution >= 4 is 0 Å². The van der Waals surface area contributed by atoms with Gasteiger partial charge in [0.2, 0.25) is 0 Å². The summed E-state index contributed by atoms with van der Waals surface area (Å²) in [7, 11) is 1.60. The Labute approximate surface area is 154 Å². The first-order valence-electron chi connectivity index (χ1n) is 8.58. The minimum atomic E-state index is 0.479. The zero-order valence-electron chi connectivity index (χ0n) is 14.9. The van der Waals surface area contributed by atoms with Gasteiger partial charge >= 0.3 is 0 Å². The Morgan fingerprint density at radius 3 is 1.92 bits per heavy atom. The quantitative estimate of drug-likeness (QED) is 0.578.